The van der Waals surface area contributed by atoms with Gasteiger partial charge in [0.2, 0.25) is 6.43 Å². The summed E-state index contributed by atoms with van der Waals surface area (Å²) in [7, 11) is 0. The number of nitriles is 1. The fourth-order valence-corrected chi connectivity index (χ4v) is 2.18. The Bertz CT molecular complexity index is 545. The molecule has 1 unspecified atom stereocenters. The van der Waals surface area contributed by atoms with E-state index in [1.807, 2.05) is 6.07 Å². The molecule has 5 nitrogen and oxygen atoms in total. The Kier molecular flexibility index (Phi) is 4.52. The summed E-state index contributed by atoms with van der Waals surface area (Å²) in [5.41, 5.74) is -0.597. The third-order valence-corrected chi connectivity index (χ3v) is 3.68. The lowest BCUT2D eigenvalue weighted by molar-refractivity contribution is -0.271. The van der Waals surface area contributed by atoms with E-state index in [1.165, 1.54) is 25.1 Å². The predicted octanol–water partition coefficient (Wildman–Crippen LogP) is 2.24. The van der Waals surface area contributed by atoms with Crippen molar-refractivity contribution in [2.24, 2.45) is 5.41 Å². The van der Waals surface area contributed by atoms with Gasteiger partial charge in [0.05, 0.1) is 23.6 Å². The van der Waals surface area contributed by atoms with Crippen LogP contribution in [0.5, 0.6) is 0 Å². The summed E-state index contributed by atoms with van der Waals surface area (Å²) in [6.45, 7) is 2.88. The standard InChI is InChI=1S/C14H17F2N3O2/c1-14(2,12(15)16)13(20)19-11(3-4-21-19)10-5-9(6-17)7-18-8-10/h5,7-8,11-13,20H,3-4H2,1-2H3/t11-,13?/m0/s1. The van der Waals surface area contributed by atoms with Crippen LogP contribution in [0.1, 0.15) is 37.4 Å². The third kappa shape index (κ3) is 3.02. The van der Waals surface area contributed by atoms with E-state index in [0.29, 0.717) is 24.2 Å². The monoisotopic (exact) mass is 297 g/mol. The van der Waals surface area contributed by atoms with Crippen molar-refractivity contribution in [1.82, 2.24) is 10.0 Å². The quantitative estimate of drug-likeness (QED) is 0.923. The number of hydroxylamine groups is 2. The molecule has 0 radical (unpaired) electrons. The van der Waals surface area contributed by atoms with Crippen LogP contribution < -0.4 is 0 Å². The molecule has 2 heterocycles. The molecule has 2 rings (SSSR count). The molecule has 2 atom stereocenters. The van der Waals surface area contributed by atoms with Gasteiger partial charge in [-0.2, -0.15) is 10.3 Å². The summed E-state index contributed by atoms with van der Waals surface area (Å²) in [4.78, 5) is 9.29. The molecule has 0 aromatic carbocycles. The number of nitrogens with zero attached hydrogens (tertiary/aromatic N) is 3. The van der Waals surface area contributed by atoms with Gasteiger partial charge in [-0.25, -0.2) is 8.78 Å². The molecule has 1 fully saturated rings. The molecule has 1 aliphatic rings. The summed E-state index contributed by atoms with van der Waals surface area (Å²) in [5, 5.41) is 20.3. The van der Waals surface area contributed by atoms with Gasteiger partial charge >= 0.3 is 0 Å². The highest BCUT2D eigenvalue weighted by Crippen LogP contribution is 2.39. The van der Waals surface area contributed by atoms with Crippen LogP contribution in [0.4, 0.5) is 8.78 Å². The van der Waals surface area contributed by atoms with Crippen molar-refractivity contribution in [3.05, 3.63) is 29.6 Å². The Morgan fingerprint density at radius 2 is 2.24 bits per heavy atom. The molecule has 1 aromatic rings. The van der Waals surface area contributed by atoms with E-state index in [0.717, 1.165) is 0 Å². The van der Waals surface area contributed by atoms with Gasteiger partial charge in [0.1, 0.15) is 12.3 Å². The number of aliphatic hydroxyl groups is 1. The molecule has 1 aromatic heterocycles. The molecule has 0 amide bonds. The molecule has 0 spiro atoms. The van der Waals surface area contributed by atoms with Gasteiger partial charge < -0.3 is 5.11 Å². The lowest BCUT2D eigenvalue weighted by Gasteiger charge is -2.37. The highest BCUT2D eigenvalue weighted by atomic mass is 19.3. The maximum atomic E-state index is 13.1. The van der Waals surface area contributed by atoms with E-state index in [1.54, 1.807) is 12.3 Å². The summed E-state index contributed by atoms with van der Waals surface area (Å²) < 4.78 is 26.1. The molecular formula is C14H17F2N3O2. The van der Waals surface area contributed by atoms with Gasteiger partial charge in [0, 0.05) is 12.4 Å². The number of aromatic nitrogens is 1. The van der Waals surface area contributed by atoms with E-state index < -0.39 is 24.1 Å². The van der Waals surface area contributed by atoms with E-state index in [-0.39, 0.29) is 0 Å². The minimum atomic E-state index is -2.69. The summed E-state index contributed by atoms with van der Waals surface area (Å²) in [5.74, 6) is 0. The van der Waals surface area contributed by atoms with Crippen molar-refractivity contribution in [2.75, 3.05) is 6.61 Å². The van der Waals surface area contributed by atoms with Crippen LogP contribution in [0.15, 0.2) is 18.5 Å². The minimum absolute atomic E-state index is 0.317. The van der Waals surface area contributed by atoms with Gasteiger partial charge in [-0.1, -0.05) is 13.8 Å². The predicted molar refractivity (Wildman–Crippen MR) is 69.9 cm³/mol. The van der Waals surface area contributed by atoms with Gasteiger partial charge in [0.15, 0.2) is 0 Å². The summed E-state index contributed by atoms with van der Waals surface area (Å²) in [6, 6.07) is 3.20. The molecule has 0 bridgehead atoms. The number of hydrogen-bond donors (Lipinski definition) is 1. The van der Waals surface area contributed by atoms with E-state index >= 15 is 0 Å². The van der Waals surface area contributed by atoms with E-state index in [2.05, 4.69) is 4.98 Å². The Hall–Kier alpha value is -1.62. The fraction of sp³-hybridized carbons (Fsp3) is 0.571. The van der Waals surface area contributed by atoms with Crippen LogP contribution in [-0.4, -0.2) is 34.4 Å². The van der Waals surface area contributed by atoms with Crippen LogP contribution in [-0.2, 0) is 4.84 Å². The van der Waals surface area contributed by atoms with Crippen molar-refractivity contribution >= 4 is 0 Å². The van der Waals surface area contributed by atoms with Crippen LogP contribution in [0, 0.1) is 16.7 Å². The molecule has 21 heavy (non-hydrogen) atoms. The minimum Gasteiger partial charge on any atom is -0.375 e. The number of pyridine rings is 1. The highest BCUT2D eigenvalue weighted by Gasteiger charge is 2.45. The number of hydrogen-bond acceptors (Lipinski definition) is 5. The Morgan fingerprint density at radius 1 is 1.52 bits per heavy atom. The van der Waals surface area contributed by atoms with Crippen LogP contribution >= 0.6 is 0 Å². The third-order valence-electron chi connectivity index (χ3n) is 3.68. The molecule has 0 saturated carbocycles. The number of alkyl halides is 2. The molecule has 7 heteroatoms. The average molecular weight is 297 g/mol. The highest BCUT2D eigenvalue weighted by molar-refractivity contribution is 5.30. The zero-order valence-electron chi connectivity index (χ0n) is 11.8. The SMILES string of the molecule is CC(C)(C(F)F)C(O)N1OCC[C@H]1c1cncc(C#N)c1. The molecular weight excluding hydrogens is 280 g/mol. The van der Waals surface area contributed by atoms with Crippen molar-refractivity contribution in [3.8, 4) is 6.07 Å². The summed E-state index contributed by atoms with van der Waals surface area (Å²) >= 11 is 0. The van der Waals surface area contributed by atoms with Crippen LogP contribution in [0.2, 0.25) is 0 Å². The van der Waals surface area contributed by atoms with Crippen molar-refractivity contribution in [2.45, 2.75) is 39.0 Å². The second kappa shape index (κ2) is 6.02. The Morgan fingerprint density at radius 3 is 2.86 bits per heavy atom. The molecule has 1 saturated heterocycles. The smallest absolute Gasteiger partial charge is 0.247 e. The first-order valence-electron chi connectivity index (χ1n) is 6.60. The largest absolute Gasteiger partial charge is 0.375 e. The zero-order valence-corrected chi connectivity index (χ0v) is 11.8. The lowest BCUT2D eigenvalue weighted by atomic mass is 9.90. The second-order valence-corrected chi connectivity index (χ2v) is 5.61. The second-order valence-electron chi connectivity index (χ2n) is 5.61. The number of halogens is 2. The molecule has 0 aliphatic carbocycles. The van der Waals surface area contributed by atoms with E-state index in [9.17, 15) is 13.9 Å². The van der Waals surface area contributed by atoms with Gasteiger partial charge in [-0.15, -0.1) is 0 Å². The molecule has 1 aliphatic heterocycles. The first-order valence-corrected chi connectivity index (χ1v) is 6.60. The Labute approximate surface area is 121 Å². The maximum absolute atomic E-state index is 13.1. The molecule has 114 valence electrons. The Balaban J connectivity index is 2.26. The number of aliphatic hydroxyl groups excluding tert-OH is 1. The average Bonchev–Trinajstić information content (AvgIpc) is 2.95. The topological polar surface area (TPSA) is 69.4 Å². The van der Waals surface area contributed by atoms with E-state index in [4.69, 9.17) is 10.1 Å². The normalized spacial score (nSPS) is 21.5. The zero-order chi connectivity index (χ0) is 15.6. The first-order chi connectivity index (χ1) is 9.87. The number of rotatable bonds is 4. The van der Waals surface area contributed by atoms with Crippen molar-refractivity contribution in [3.63, 3.8) is 0 Å². The molecule has 1 N–H and O–H groups in total. The summed E-state index contributed by atoms with van der Waals surface area (Å²) in [6.07, 6.45) is -0.651. The fourth-order valence-electron chi connectivity index (χ4n) is 2.18. The van der Waals surface area contributed by atoms with Crippen LogP contribution in [0.3, 0.4) is 0 Å². The van der Waals surface area contributed by atoms with Gasteiger partial charge in [-0.05, 0) is 18.1 Å². The van der Waals surface area contributed by atoms with Gasteiger partial charge in [0.25, 0.3) is 0 Å². The maximum Gasteiger partial charge on any atom is 0.247 e. The lowest BCUT2D eigenvalue weighted by Crippen LogP contribution is -2.47. The van der Waals surface area contributed by atoms with Crippen molar-refractivity contribution < 1.29 is 18.7 Å². The van der Waals surface area contributed by atoms with Gasteiger partial charge in [-0.3, -0.25) is 9.82 Å². The first kappa shape index (κ1) is 15.8. The van der Waals surface area contributed by atoms with Crippen molar-refractivity contribution in [1.29, 1.82) is 5.26 Å². The van der Waals surface area contributed by atoms with Crippen LogP contribution in [0.25, 0.3) is 0 Å².